The number of amides is 1. The van der Waals surface area contributed by atoms with Gasteiger partial charge >= 0.3 is 6.18 Å². The molecule has 0 atom stereocenters. The van der Waals surface area contributed by atoms with Crippen LogP contribution in [0.1, 0.15) is 11.3 Å². The topological polar surface area (TPSA) is 66.0 Å². The molecule has 4 nitrogen and oxygen atoms in total. The summed E-state index contributed by atoms with van der Waals surface area (Å²) >= 11 is 0. The molecule has 0 bridgehead atoms. The van der Waals surface area contributed by atoms with Crippen LogP contribution in [0.3, 0.4) is 0 Å². The van der Waals surface area contributed by atoms with E-state index in [1.54, 1.807) is 18.2 Å². The van der Waals surface area contributed by atoms with Crippen molar-refractivity contribution in [1.29, 1.82) is 5.26 Å². The van der Waals surface area contributed by atoms with Gasteiger partial charge in [-0.3, -0.25) is 4.79 Å². The van der Waals surface area contributed by atoms with E-state index in [1.165, 1.54) is 36.6 Å². The maximum Gasteiger partial charge on any atom is 0.416 e. The van der Waals surface area contributed by atoms with Gasteiger partial charge in [-0.1, -0.05) is 12.1 Å². The van der Waals surface area contributed by atoms with Crippen molar-refractivity contribution in [3.63, 3.8) is 0 Å². The van der Waals surface area contributed by atoms with E-state index in [-0.39, 0.29) is 11.3 Å². The minimum atomic E-state index is -4.51. The van der Waals surface area contributed by atoms with Gasteiger partial charge in [0.15, 0.2) is 0 Å². The van der Waals surface area contributed by atoms with Gasteiger partial charge in [-0.15, -0.1) is 0 Å². The SMILES string of the molecule is N#CC(=CC=Cc1ccco1)C(=O)Nc1cccc(C(F)(F)F)c1. The van der Waals surface area contributed by atoms with Crippen molar-refractivity contribution >= 4 is 17.7 Å². The Bertz CT molecular complexity index is 813. The fourth-order valence-corrected chi connectivity index (χ4v) is 1.76. The highest BCUT2D eigenvalue weighted by Gasteiger charge is 2.30. The number of alkyl halides is 3. The molecule has 0 saturated heterocycles. The van der Waals surface area contributed by atoms with Crippen LogP contribution >= 0.6 is 0 Å². The van der Waals surface area contributed by atoms with Gasteiger partial charge in [0.25, 0.3) is 5.91 Å². The van der Waals surface area contributed by atoms with Gasteiger partial charge in [-0.2, -0.15) is 18.4 Å². The van der Waals surface area contributed by atoms with Gasteiger partial charge in [0, 0.05) is 5.69 Å². The Morgan fingerprint density at radius 2 is 2.04 bits per heavy atom. The Labute approximate surface area is 135 Å². The van der Waals surface area contributed by atoms with Gasteiger partial charge in [-0.25, -0.2) is 0 Å². The standard InChI is InChI=1S/C17H11F3N2O2/c18-17(19,20)13-5-2-6-14(10-13)22-16(23)12(11-21)4-1-7-15-8-3-9-24-15/h1-10H,(H,22,23). The number of benzene rings is 1. The Balaban J connectivity index is 2.11. The van der Waals surface area contributed by atoms with Gasteiger partial charge in [0.05, 0.1) is 11.8 Å². The molecule has 1 aromatic carbocycles. The molecule has 2 rings (SSSR count). The van der Waals surface area contributed by atoms with E-state index < -0.39 is 17.6 Å². The Hall–Kier alpha value is -3.27. The number of hydrogen-bond acceptors (Lipinski definition) is 3. The van der Waals surface area contributed by atoms with E-state index >= 15 is 0 Å². The second-order valence-corrected chi connectivity index (χ2v) is 4.60. The first-order chi connectivity index (χ1) is 11.4. The van der Waals surface area contributed by atoms with E-state index in [9.17, 15) is 18.0 Å². The summed E-state index contributed by atoms with van der Waals surface area (Å²) in [4.78, 5) is 12.0. The average molecular weight is 332 g/mol. The summed E-state index contributed by atoms with van der Waals surface area (Å²) in [6, 6.07) is 9.21. The molecular weight excluding hydrogens is 321 g/mol. The van der Waals surface area contributed by atoms with Crippen molar-refractivity contribution in [2.75, 3.05) is 5.32 Å². The fraction of sp³-hybridized carbons (Fsp3) is 0.0588. The van der Waals surface area contributed by atoms with Crippen LogP contribution < -0.4 is 5.32 Å². The van der Waals surface area contributed by atoms with E-state index in [0.717, 1.165) is 12.1 Å². The molecule has 7 heteroatoms. The quantitative estimate of drug-likeness (QED) is 0.513. The fourth-order valence-electron chi connectivity index (χ4n) is 1.76. The van der Waals surface area contributed by atoms with E-state index in [2.05, 4.69) is 5.32 Å². The lowest BCUT2D eigenvalue weighted by molar-refractivity contribution is -0.137. The summed E-state index contributed by atoms with van der Waals surface area (Å²) in [5.74, 6) is -0.275. The molecule has 1 N–H and O–H groups in total. The minimum absolute atomic E-state index is 0.0500. The monoisotopic (exact) mass is 332 g/mol. The number of allylic oxidation sites excluding steroid dienone is 2. The molecule has 122 valence electrons. The Kier molecular flexibility index (Phi) is 5.22. The summed E-state index contributed by atoms with van der Waals surface area (Å²) < 4.78 is 43.0. The highest BCUT2D eigenvalue weighted by molar-refractivity contribution is 6.06. The van der Waals surface area contributed by atoms with Crippen LogP contribution in [-0.2, 0) is 11.0 Å². The molecule has 0 spiro atoms. The maximum atomic E-state index is 12.6. The molecule has 1 aromatic heterocycles. The number of carbonyl (C=O) groups is 1. The molecule has 24 heavy (non-hydrogen) atoms. The van der Waals surface area contributed by atoms with E-state index in [0.29, 0.717) is 5.76 Å². The van der Waals surface area contributed by atoms with Crippen molar-refractivity contribution in [1.82, 2.24) is 0 Å². The van der Waals surface area contributed by atoms with Crippen molar-refractivity contribution in [3.8, 4) is 6.07 Å². The van der Waals surface area contributed by atoms with Crippen LogP contribution in [0.2, 0.25) is 0 Å². The second kappa shape index (κ2) is 7.33. The largest absolute Gasteiger partial charge is 0.465 e. The maximum absolute atomic E-state index is 12.6. The molecule has 0 radical (unpaired) electrons. The highest BCUT2D eigenvalue weighted by Crippen LogP contribution is 2.30. The zero-order chi connectivity index (χ0) is 17.6. The summed E-state index contributed by atoms with van der Waals surface area (Å²) in [6.07, 6.45) is 1.17. The van der Waals surface area contributed by atoms with Crippen LogP contribution in [-0.4, -0.2) is 5.91 Å². The minimum Gasteiger partial charge on any atom is -0.465 e. The van der Waals surface area contributed by atoms with Gasteiger partial charge in [-0.05, 0) is 42.5 Å². The first-order valence-corrected chi connectivity index (χ1v) is 6.71. The lowest BCUT2D eigenvalue weighted by atomic mass is 10.2. The van der Waals surface area contributed by atoms with Crippen LogP contribution in [0.5, 0.6) is 0 Å². The molecule has 0 fully saturated rings. The lowest BCUT2D eigenvalue weighted by Crippen LogP contribution is -2.14. The average Bonchev–Trinajstić information content (AvgIpc) is 3.04. The third kappa shape index (κ3) is 4.61. The number of hydrogen-bond donors (Lipinski definition) is 1. The van der Waals surface area contributed by atoms with Gasteiger partial charge in [0.1, 0.15) is 17.4 Å². The number of nitrogens with zero attached hydrogens (tertiary/aromatic N) is 1. The van der Waals surface area contributed by atoms with Crippen LogP contribution in [0.15, 0.2) is 64.8 Å². The van der Waals surface area contributed by atoms with Crippen LogP contribution in [0.25, 0.3) is 6.08 Å². The van der Waals surface area contributed by atoms with Crippen LogP contribution in [0, 0.1) is 11.3 Å². The molecule has 0 unspecified atom stereocenters. The molecule has 1 heterocycles. The zero-order valence-electron chi connectivity index (χ0n) is 12.2. The lowest BCUT2D eigenvalue weighted by Gasteiger charge is -2.09. The zero-order valence-corrected chi connectivity index (χ0v) is 12.2. The van der Waals surface area contributed by atoms with Crippen molar-refractivity contribution in [2.24, 2.45) is 0 Å². The number of halogens is 3. The molecule has 0 aliphatic carbocycles. The van der Waals surface area contributed by atoms with Crippen LogP contribution in [0.4, 0.5) is 18.9 Å². The second-order valence-electron chi connectivity index (χ2n) is 4.60. The van der Waals surface area contributed by atoms with E-state index in [1.807, 2.05) is 0 Å². The number of nitriles is 1. The predicted octanol–water partition coefficient (Wildman–Crippen LogP) is 4.40. The number of carbonyl (C=O) groups excluding carboxylic acids is 1. The normalized spacial score (nSPS) is 12.2. The smallest absolute Gasteiger partial charge is 0.416 e. The first-order valence-electron chi connectivity index (χ1n) is 6.71. The summed E-state index contributed by atoms with van der Waals surface area (Å²) in [7, 11) is 0. The van der Waals surface area contributed by atoms with Crippen molar-refractivity contribution in [3.05, 3.63) is 71.7 Å². The third-order valence-corrected chi connectivity index (χ3v) is 2.88. The molecular formula is C17H11F3N2O2. The number of rotatable bonds is 4. The Morgan fingerprint density at radius 1 is 1.25 bits per heavy atom. The summed E-state index contributed by atoms with van der Waals surface area (Å²) in [5, 5.41) is 11.3. The molecule has 1 amide bonds. The van der Waals surface area contributed by atoms with Crippen molar-refractivity contribution < 1.29 is 22.4 Å². The number of furan rings is 1. The summed E-state index contributed by atoms with van der Waals surface area (Å²) in [6.45, 7) is 0. The number of anilines is 1. The highest BCUT2D eigenvalue weighted by atomic mass is 19.4. The first kappa shape index (κ1) is 17.1. The van der Waals surface area contributed by atoms with E-state index in [4.69, 9.17) is 9.68 Å². The summed E-state index contributed by atoms with van der Waals surface area (Å²) in [5.41, 5.74) is -1.19. The molecule has 0 saturated carbocycles. The predicted molar refractivity (Wildman–Crippen MR) is 81.5 cm³/mol. The third-order valence-electron chi connectivity index (χ3n) is 2.88. The Morgan fingerprint density at radius 3 is 2.67 bits per heavy atom. The molecule has 0 aliphatic rings. The molecule has 0 aliphatic heterocycles. The number of nitrogens with one attached hydrogen (secondary N) is 1. The van der Waals surface area contributed by atoms with Gasteiger partial charge < -0.3 is 9.73 Å². The van der Waals surface area contributed by atoms with Gasteiger partial charge in [0.2, 0.25) is 0 Å². The van der Waals surface area contributed by atoms with Crippen molar-refractivity contribution in [2.45, 2.75) is 6.18 Å². The molecule has 2 aromatic rings.